The van der Waals surface area contributed by atoms with E-state index < -0.39 is 0 Å². The smallest absolute Gasteiger partial charge is 0.141 e. The molecule has 0 radical (unpaired) electrons. The maximum atomic E-state index is 11.3. The number of benzene rings is 3. The van der Waals surface area contributed by atoms with E-state index >= 15 is 0 Å². The molecule has 1 N–H and O–H groups in total. The van der Waals surface area contributed by atoms with Gasteiger partial charge in [-0.2, -0.15) is 5.01 Å². The summed E-state index contributed by atoms with van der Waals surface area (Å²) in [6.45, 7) is 0. The van der Waals surface area contributed by atoms with Crippen molar-refractivity contribution in [3.05, 3.63) is 71.6 Å². The van der Waals surface area contributed by atoms with E-state index in [1.54, 1.807) is 24.3 Å². The highest BCUT2D eigenvalue weighted by atomic mass is 16.3. The van der Waals surface area contributed by atoms with Crippen LogP contribution in [-0.2, 0) is 0 Å². The van der Waals surface area contributed by atoms with Crippen molar-refractivity contribution < 1.29 is 5.11 Å². The zero-order chi connectivity index (χ0) is 13.9. The third-order valence-electron chi connectivity index (χ3n) is 3.19. The highest BCUT2D eigenvalue weighted by molar-refractivity contribution is 5.96. The normalized spacial score (nSPS) is 10.4. The average Bonchev–Trinajstić information content (AvgIpc) is 2.50. The van der Waals surface area contributed by atoms with Crippen LogP contribution in [-0.4, -0.2) is 5.11 Å². The maximum absolute atomic E-state index is 11.3. The topological polar surface area (TPSA) is 52.9 Å². The third-order valence-corrected chi connectivity index (χ3v) is 3.19. The number of nitroso groups, excluding NO2 is 1. The molecule has 4 heteroatoms. The number of phenolic OH excluding ortho intramolecular Hbond substituents is 1. The Labute approximate surface area is 115 Å². The molecule has 4 nitrogen and oxygen atoms in total. The standard InChI is InChI=1S/C16H12N2O2/c19-16-11-4-3-9-15(16)18(17-20)14-10-5-7-12-6-1-2-8-13(12)14/h1-11,19H. The number of para-hydroxylation sites is 2. The second-order valence-electron chi connectivity index (χ2n) is 4.38. The minimum atomic E-state index is 0.0139. The van der Waals surface area contributed by atoms with Crippen LogP contribution in [0.2, 0.25) is 0 Å². The van der Waals surface area contributed by atoms with Crippen molar-refractivity contribution in [2.24, 2.45) is 5.29 Å². The van der Waals surface area contributed by atoms with Crippen LogP contribution < -0.4 is 5.01 Å². The molecular formula is C16H12N2O2. The Morgan fingerprint density at radius 3 is 2.25 bits per heavy atom. The van der Waals surface area contributed by atoms with Crippen molar-refractivity contribution in [1.29, 1.82) is 0 Å². The molecule has 3 aromatic rings. The van der Waals surface area contributed by atoms with Crippen LogP contribution in [0, 0.1) is 4.91 Å². The first kappa shape index (κ1) is 12.2. The predicted octanol–water partition coefficient (Wildman–Crippen LogP) is 4.36. The molecule has 0 atom stereocenters. The van der Waals surface area contributed by atoms with E-state index in [2.05, 4.69) is 5.29 Å². The van der Waals surface area contributed by atoms with E-state index in [0.717, 1.165) is 10.8 Å². The zero-order valence-electron chi connectivity index (χ0n) is 10.6. The van der Waals surface area contributed by atoms with Gasteiger partial charge in [0.2, 0.25) is 0 Å². The molecule has 0 fully saturated rings. The SMILES string of the molecule is O=NN(c1ccccc1O)c1cccc2ccccc12. The molecule has 0 aliphatic carbocycles. The summed E-state index contributed by atoms with van der Waals surface area (Å²) in [6, 6.07) is 20.0. The highest BCUT2D eigenvalue weighted by Crippen LogP contribution is 2.36. The van der Waals surface area contributed by atoms with Gasteiger partial charge >= 0.3 is 0 Å². The van der Waals surface area contributed by atoms with Crippen LogP contribution in [0.4, 0.5) is 11.4 Å². The number of anilines is 2. The van der Waals surface area contributed by atoms with E-state index in [4.69, 9.17) is 0 Å². The molecule has 3 aromatic carbocycles. The van der Waals surface area contributed by atoms with Crippen molar-refractivity contribution in [3.63, 3.8) is 0 Å². The molecule has 0 amide bonds. The lowest BCUT2D eigenvalue weighted by Gasteiger charge is -2.18. The molecule has 3 rings (SSSR count). The number of phenols is 1. The van der Waals surface area contributed by atoms with Crippen LogP contribution in [0.3, 0.4) is 0 Å². The Morgan fingerprint density at radius 2 is 1.45 bits per heavy atom. The lowest BCUT2D eigenvalue weighted by atomic mass is 10.1. The number of nitrogens with zero attached hydrogens (tertiary/aromatic N) is 2. The fourth-order valence-corrected chi connectivity index (χ4v) is 2.25. The van der Waals surface area contributed by atoms with E-state index in [1.807, 2.05) is 36.4 Å². The second-order valence-corrected chi connectivity index (χ2v) is 4.38. The first-order chi connectivity index (χ1) is 9.81. The molecule has 0 aliphatic rings. The fourth-order valence-electron chi connectivity index (χ4n) is 2.25. The molecule has 0 unspecified atom stereocenters. The van der Waals surface area contributed by atoms with E-state index in [-0.39, 0.29) is 5.75 Å². The molecule has 0 heterocycles. The lowest BCUT2D eigenvalue weighted by molar-refractivity contribution is 0.475. The van der Waals surface area contributed by atoms with Gasteiger partial charge in [-0.15, -0.1) is 4.91 Å². The van der Waals surface area contributed by atoms with Gasteiger partial charge in [-0.3, -0.25) is 0 Å². The van der Waals surface area contributed by atoms with Gasteiger partial charge in [0.05, 0.1) is 11.0 Å². The molecule has 20 heavy (non-hydrogen) atoms. The summed E-state index contributed by atoms with van der Waals surface area (Å²) in [5.74, 6) is 0.0139. The minimum Gasteiger partial charge on any atom is -0.506 e. The summed E-state index contributed by atoms with van der Waals surface area (Å²) >= 11 is 0. The van der Waals surface area contributed by atoms with Crippen molar-refractivity contribution in [3.8, 4) is 5.75 Å². The van der Waals surface area contributed by atoms with Gasteiger partial charge in [0.15, 0.2) is 0 Å². The van der Waals surface area contributed by atoms with Crippen LogP contribution in [0.25, 0.3) is 10.8 Å². The minimum absolute atomic E-state index is 0.0139. The number of aromatic hydroxyl groups is 1. The summed E-state index contributed by atoms with van der Waals surface area (Å²) < 4.78 is 0. The molecule has 0 saturated heterocycles. The van der Waals surface area contributed by atoms with Gasteiger partial charge in [0, 0.05) is 5.39 Å². The lowest BCUT2D eigenvalue weighted by Crippen LogP contribution is -2.08. The molecule has 0 saturated carbocycles. The number of hydrogen-bond donors (Lipinski definition) is 1. The van der Waals surface area contributed by atoms with E-state index in [0.29, 0.717) is 11.4 Å². The highest BCUT2D eigenvalue weighted by Gasteiger charge is 2.15. The van der Waals surface area contributed by atoms with Crippen LogP contribution in [0.15, 0.2) is 72.0 Å². The van der Waals surface area contributed by atoms with Gasteiger partial charge in [0.25, 0.3) is 0 Å². The average molecular weight is 264 g/mol. The molecule has 98 valence electrons. The first-order valence-corrected chi connectivity index (χ1v) is 6.20. The summed E-state index contributed by atoms with van der Waals surface area (Å²) in [4.78, 5) is 11.3. The number of hydrogen-bond acceptors (Lipinski definition) is 3. The quantitative estimate of drug-likeness (QED) is 0.564. The van der Waals surface area contributed by atoms with Gasteiger partial charge in [-0.1, -0.05) is 48.5 Å². The number of fused-ring (bicyclic) bond motifs is 1. The van der Waals surface area contributed by atoms with Crippen molar-refractivity contribution in [1.82, 2.24) is 0 Å². The van der Waals surface area contributed by atoms with Crippen LogP contribution >= 0.6 is 0 Å². The Bertz CT molecular complexity index is 766. The van der Waals surface area contributed by atoms with Crippen molar-refractivity contribution in [2.45, 2.75) is 0 Å². The predicted molar refractivity (Wildman–Crippen MR) is 80.0 cm³/mol. The molecule has 0 bridgehead atoms. The Hall–Kier alpha value is -2.88. The van der Waals surface area contributed by atoms with Crippen LogP contribution in [0.1, 0.15) is 0 Å². The largest absolute Gasteiger partial charge is 0.506 e. The zero-order valence-corrected chi connectivity index (χ0v) is 10.6. The molecular weight excluding hydrogens is 252 g/mol. The first-order valence-electron chi connectivity index (χ1n) is 6.20. The molecule has 0 aliphatic heterocycles. The number of rotatable bonds is 3. The van der Waals surface area contributed by atoms with E-state index in [9.17, 15) is 10.0 Å². The van der Waals surface area contributed by atoms with Gasteiger partial charge < -0.3 is 5.11 Å². The van der Waals surface area contributed by atoms with Crippen molar-refractivity contribution >= 4 is 22.1 Å². The van der Waals surface area contributed by atoms with Gasteiger partial charge in [-0.25, -0.2) is 0 Å². The maximum Gasteiger partial charge on any atom is 0.141 e. The second kappa shape index (κ2) is 5.01. The molecule has 0 aromatic heterocycles. The summed E-state index contributed by atoms with van der Waals surface area (Å²) in [5, 5.41) is 16.1. The Balaban J connectivity index is 2.23. The van der Waals surface area contributed by atoms with Gasteiger partial charge in [-0.05, 0) is 23.6 Å². The van der Waals surface area contributed by atoms with E-state index in [1.165, 1.54) is 11.1 Å². The monoisotopic (exact) mass is 264 g/mol. The third kappa shape index (κ3) is 1.97. The Kier molecular flexibility index (Phi) is 3.05. The Morgan fingerprint density at radius 1 is 0.800 bits per heavy atom. The summed E-state index contributed by atoms with van der Waals surface area (Å²) in [6.07, 6.45) is 0. The van der Waals surface area contributed by atoms with Gasteiger partial charge in [0.1, 0.15) is 11.4 Å². The fraction of sp³-hybridized carbons (Fsp3) is 0. The molecule has 0 spiro atoms. The summed E-state index contributed by atoms with van der Waals surface area (Å²) in [7, 11) is 0. The summed E-state index contributed by atoms with van der Waals surface area (Å²) in [5.41, 5.74) is 0.999. The van der Waals surface area contributed by atoms with Crippen LogP contribution in [0.5, 0.6) is 5.75 Å². The van der Waals surface area contributed by atoms with Crippen molar-refractivity contribution in [2.75, 3.05) is 5.01 Å².